The lowest BCUT2D eigenvalue weighted by Crippen LogP contribution is -2.36. The Morgan fingerprint density at radius 2 is 1.61 bits per heavy atom. The first kappa shape index (κ1) is 23.7. The van der Waals surface area contributed by atoms with Crippen LogP contribution >= 0.6 is 0 Å². The number of hydrogen-bond acceptors (Lipinski definition) is 5. The van der Waals surface area contributed by atoms with Gasteiger partial charge in [0.25, 0.3) is 0 Å². The molecule has 2 aromatic rings. The SMILES string of the molecule is CC(C)(C)OC(=O)[C@@H](CCC1CCCC12OCCO2)N=C(c1ccccc1)c1ccccc1. The molecule has 5 heteroatoms. The largest absolute Gasteiger partial charge is 0.458 e. The van der Waals surface area contributed by atoms with Gasteiger partial charge in [0.1, 0.15) is 11.6 Å². The standard InChI is InChI=1S/C28H35NO4/c1-27(2,3)33-26(30)24(17-16-23-15-10-18-28(23)31-19-20-32-28)29-25(21-11-6-4-7-12-21)22-13-8-5-9-14-22/h4-9,11-14,23-24H,10,15-20H2,1-3H3/t23?,24-/m1/s1. The first-order chi connectivity index (χ1) is 15.9. The van der Waals surface area contributed by atoms with Crippen LogP contribution in [0.1, 0.15) is 64.0 Å². The number of benzene rings is 2. The van der Waals surface area contributed by atoms with E-state index in [0.717, 1.165) is 42.5 Å². The highest BCUT2D eigenvalue weighted by Gasteiger charge is 2.47. The van der Waals surface area contributed by atoms with E-state index in [1.165, 1.54) is 0 Å². The van der Waals surface area contributed by atoms with Crippen molar-refractivity contribution in [2.45, 2.75) is 70.3 Å². The van der Waals surface area contributed by atoms with Crippen LogP contribution in [0.15, 0.2) is 65.7 Å². The predicted molar refractivity (Wildman–Crippen MR) is 129 cm³/mol. The summed E-state index contributed by atoms with van der Waals surface area (Å²) in [5, 5.41) is 0. The molecule has 1 aliphatic carbocycles. The molecule has 1 spiro atoms. The zero-order chi connectivity index (χ0) is 23.3. The summed E-state index contributed by atoms with van der Waals surface area (Å²) in [6.07, 6.45) is 4.47. The number of ether oxygens (including phenoxy) is 3. The van der Waals surface area contributed by atoms with E-state index in [2.05, 4.69) is 0 Å². The van der Waals surface area contributed by atoms with E-state index in [9.17, 15) is 4.79 Å². The van der Waals surface area contributed by atoms with E-state index in [1.807, 2.05) is 81.4 Å². The molecule has 5 nitrogen and oxygen atoms in total. The summed E-state index contributed by atoms with van der Waals surface area (Å²) < 4.78 is 17.9. The lowest BCUT2D eigenvalue weighted by atomic mass is 9.93. The fourth-order valence-electron chi connectivity index (χ4n) is 4.86. The van der Waals surface area contributed by atoms with E-state index in [0.29, 0.717) is 19.6 Å². The Balaban J connectivity index is 1.64. The number of rotatable bonds is 7. The normalized spacial score (nSPS) is 20.5. The molecule has 2 aromatic carbocycles. The van der Waals surface area contributed by atoms with Crippen molar-refractivity contribution >= 4 is 11.7 Å². The average Bonchev–Trinajstić information content (AvgIpc) is 3.43. The Kier molecular flexibility index (Phi) is 7.30. The highest BCUT2D eigenvalue weighted by molar-refractivity contribution is 6.13. The molecular formula is C28H35NO4. The van der Waals surface area contributed by atoms with Gasteiger partial charge in [-0.25, -0.2) is 4.79 Å². The van der Waals surface area contributed by atoms with Gasteiger partial charge in [-0.2, -0.15) is 0 Å². The van der Waals surface area contributed by atoms with Gasteiger partial charge in [0, 0.05) is 23.5 Å². The molecule has 1 saturated carbocycles. The van der Waals surface area contributed by atoms with Gasteiger partial charge in [-0.3, -0.25) is 4.99 Å². The number of nitrogens with zero attached hydrogens (tertiary/aromatic N) is 1. The third-order valence-electron chi connectivity index (χ3n) is 6.32. The van der Waals surface area contributed by atoms with Gasteiger partial charge in [0.05, 0.1) is 18.9 Å². The van der Waals surface area contributed by atoms with Gasteiger partial charge in [-0.1, -0.05) is 60.7 Å². The number of esters is 1. The van der Waals surface area contributed by atoms with E-state index in [4.69, 9.17) is 19.2 Å². The number of carbonyl (C=O) groups is 1. The molecule has 33 heavy (non-hydrogen) atoms. The van der Waals surface area contributed by atoms with Crippen LogP contribution in [0.25, 0.3) is 0 Å². The van der Waals surface area contributed by atoms with Gasteiger partial charge in [0.15, 0.2) is 5.79 Å². The van der Waals surface area contributed by atoms with Crippen LogP contribution < -0.4 is 0 Å². The summed E-state index contributed by atoms with van der Waals surface area (Å²) in [5.74, 6) is -0.478. The molecule has 1 heterocycles. The average molecular weight is 450 g/mol. The van der Waals surface area contributed by atoms with Crippen LogP contribution in [0.2, 0.25) is 0 Å². The van der Waals surface area contributed by atoms with Gasteiger partial charge in [-0.05, 0) is 46.5 Å². The van der Waals surface area contributed by atoms with Crippen LogP contribution in [0.5, 0.6) is 0 Å². The molecule has 2 aliphatic rings. The summed E-state index contributed by atoms with van der Waals surface area (Å²) in [5.41, 5.74) is 2.20. The molecule has 2 fully saturated rings. The minimum Gasteiger partial charge on any atom is -0.458 e. The van der Waals surface area contributed by atoms with Crippen molar-refractivity contribution < 1.29 is 19.0 Å². The highest BCUT2D eigenvalue weighted by Crippen LogP contribution is 2.44. The van der Waals surface area contributed by atoms with Crippen LogP contribution in [-0.4, -0.2) is 42.3 Å². The maximum Gasteiger partial charge on any atom is 0.331 e. The molecule has 1 unspecified atom stereocenters. The zero-order valence-corrected chi connectivity index (χ0v) is 20.0. The summed E-state index contributed by atoms with van der Waals surface area (Å²) >= 11 is 0. The van der Waals surface area contributed by atoms with Crippen molar-refractivity contribution in [3.8, 4) is 0 Å². The van der Waals surface area contributed by atoms with E-state index in [1.54, 1.807) is 0 Å². The predicted octanol–water partition coefficient (Wildman–Crippen LogP) is 5.56. The summed E-state index contributed by atoms with van der Waals surface area (Å²) in [6.45, 7) is 6.99. The zero-order valence-electron chi connectivity index (χ0n) is 20.0. The van der Waals surface area contributed by atoms with Crippen molar-refractivity contribution in [3.05, 3.63) is 71.8 Å². The smallest absolute Gasteiger partial charge is 0.331 e. The molecule has 2 atom stereocenters. The van der Waals surface area contributed by atoms with Crippen LogP contribution in [-0.2, 0) is 19.0 Å². The molecule has 1 aliphatic heterocycles. The summed E-state index contributed by atoms with van der Waals surface area (Å²) in [4.78, 5) is 18.3. The summed E-state index contributed by atoms with van der Waals surface area (Å²) in [6, 6.07) is 19.5. The first-order valence-corrected chi connectivity index (χ1v) is 12.1. The van der Waals surface area contributed by atoms with Crippen LogP contribution in [0.4, 0.5) is 0 Å². The van der Waals surface area contributed by atoms with E-state index in [-0.39, 0.29) is 11.9 Å². The quantitative estimate of drug-likeness (QED) is 0.410. The minimum atomic E-state index is -0.598. The topological polar surface area (TPSA) is 57.1 Å². The van der Waals surface area contributed by atoms with Crippen molar-refractivity contribution in [2.24, 2.45) is 10.9 Å². The molecule has 0 amide bonds. The second kappa shape index (κ2) is 10.2. The molecule has 4 rings (SSSR count). The lowest BCUT2D eigenvalue weighted by Gasteiger charge is -2.30. The monoisotopic (exact) mass is 449 g/mol. The Morgan fingerprint density at radius 3 is 2.15 bits per heavy atom. The lowest BCUT2D eigenvalue weighted by molar-refractivity contribution is -0.183. The van der Waals surface area contributed by atoms with Gasteiger partial charge >= 0.3 is 5.97 Å². The Morgan fingerprint density at radius 1 is 1.03 bits per heavy atom. The maximum atomic E-state index is 13.3. The van der Waals surface area contributed by atoms with Gasteiger partial charge in [0.2, 0.25) is 0 Å². The van der Waals surface area contributed by atoms with Gasteiger partial charge in [-0.15, -0.1) is 0 Å². The minimum absolute atomic E-state index is 0.275. The van der Waals surface area contributed by atoms with Crippen molar-refractivity contribution in [3.63, 3.8) is 0 Å². The Labute approximate surface area is 197 Å². The fourth-order valence-corrected chi connectivity index (χ4v) is 4.86. The maximum absolute atomic E-state index is 13.3. The number of hydrogen-bond donors (Lipinski definition) is 0. The molecule has 1 saturated heterocycles. The molecule has 0 bridgehead atoms. The third-order valence-corrected chi connectivity index (χ3v) is 6.32. The van der Waals surface area contributed by atoms with Gasteiger partial charge < -0.3 is 14.2 Å². The molecular weight excluding hydrogens is 414 g/mol. The number of carbonyl (C=O) groups excluding carboxylic acids is 1. The molecule has 0 radical (unpaired) electrons. The number of aliphatic imine (C=N–C) groups is 1. The van der Waals surface area contributed by atoms with Crippen LogP contribution in [0.3, 0.4) is 0 Å². The first-order valence-electron chi connectivity index (χ1n) is 12.1. The van der Waals surface area contributed by atoms with Crippen molar-refractivity contribution in [1.29, 1.82) is 0 Å². The summed E-state index contributed by atoms with van der Waals surface area (Å²) in [7, 11) is 0. The Bertz CT molecular complexity index is 896. The van der Waals surface area contributed by atoms with Crippen molar-refractivity contribution in [1.82, 2.24) is 0 Å². The van der Waals surface area contributed by atoms with Crippen molar-refractivity contribution in [2.75, 3.05) is 13.2 Å². The third kappa shape index (κ3) is 5.90. The molecule has 0 aromatic heterocycles. The molecule has 0 N–H and O–H groups in total. The highest BCUT2D eigenvalue weighted by atomic mass is 16.7. The fraction of sp³-hybridized carbons (Fsp3) is 0.500. The van der Waals surface area contributed by atoms with Crippen LogP contribution in [0, 0.1) is 5.92 Å². The van der Waals surface area contributed by atoms with E-state index >= 15 is 0 Å². The second-order valence-electron chi connectivity index (χ2n) is 9.93. The Hall–Kier alpha value is -2.50. The molecule has 176 valence electrons. The van der Waals surface area contributed by atoms with E-state index < -0.39 is 17.4 Å². The second-order valence-corrected chi connectivity index (χ2v) is 9.93.